The van der Waals surface area contributed by atoms with Crippen molar-refractivity contribution in [2.75, 3.05) is 6.54 Å². The van der Waals surface area contributed by atoms with Gasteiger partial charge in [0, 0.05) is 12.1 Å². The van der Waals surface area contributed by atoms with E-state index in [4.69, 9.17) is 20.0 Å². The summed E-state index contributed by atoms with van der Waals surface area (Å²) in [6.45, 7) is 9.13. The molecular weight excluding hydrogens is 402 g/mol. The fourth-order valence-corrected chi connectivity index (χ4v) is 4.55. The van der Waals surface area contributed by atoms with Gasteiger partial charge in [-0.1, -0.05) is 44.2 Å². The maximum absolute atomic E-state index is 13.3. The second-order valence-corrected chi connectivity index (χ2v) is 8.53. The van der Waals surface area contributed by atoms with Gasteiger partial charge in [-0.2, -0.15) is 5.10 Å². The molecule has 4 rings (SSSR count). The number of carbonyl (C=O) groups is 2. The van der Waals surface area contributed by atoms with E-state index in [9.17, 15) is 4.79 Å². The zero-order chi connectivity index (χ0) is 21.8. The van der Waals surface area contributed by atoms with Crippen LogP contribution in [0.2, 0.25) is 0 Å². The largest absolute Gasteiger partial charge is 0.483 e. The summed E-state index contributed by atoms with van der Waals surface area (Å²) in [5, 5.41) is 12.5. The van der Waals surface area contributed by atoms with Crippen LogP contribution in [0.5, 0.6) is 0 Å². The number of thiazole rings is 1. The summed E-state index contributed by atoms with van der Waals surface area (Å²) in [7, 11) is 0. The van der Waals surface area contributed by atoms with E-state index in [2.05, 4.69) is 18.8 Å². The first-order valence-corrected chi connectivity index (χ1v) is 10.5. The average Bonchev–Trinajstić information content (AvgIpc) is 3.30. The van der Waals surface area contributed by atoms with E-state index in [1.165, 1.54) is 11.3 Å². The second-order valence-electron chi connectivity index (χ2n) is 7.32. The molecular formula is C21H25N5O3S. The van der Waals surface area contributed by atoms with Crippen LogP contribution in [0.3, 0.4) is 0 Å². The number of nitrogens with zero attached hydrogens (tertiary/aromatic N) is 5. The number of benzene rings is 1. The fourth-order valence-electron chi connectivity index (χ4n) is 3.67. The van der Waals surface area contributed by atoms with Crippen LogP contribution in [-0.4, -0.2) is 48.7 Å². The SMILES string of the molecule is Cc1nc(C)c(C(=O)N2CCn3nc(-c4ccccc4)nc3[C@@H]2C(C)C)s1.O=CO. The van der Waals surface area contributed by atoms with Crippen LogP contribution >= 0.6 is 11.3 Å². The molecule has 158 valence electrons. The highest BCUT2D eigenvalue weighted by molar-refractivity contribution is 7.13. The van der Waals surface area contributed by atoms with E-state index in [1.54, 1.807) is 0 Å². The Balaban J connectivity index is 0.000000806. The molecule has 0 spiro atoms. The number of carboxylic acid groups (broad SMARTS) is 1. The molecule has 1 atom stereocenters. The summed E-state index contributed by atoms with van der Waals surface area (Å²) in [6, 6.07) is 9.88. The Bertz CT molecular complexity index is 1030. The van der Waals surface area contributed by atoms with Gasteiger partial charge in [0.2, 0.25) is 0 Å². The summed E-state index contributed by atoms with van der Waals surface area (Å²) in [4.78, 5) is 33.6. The van der Waals surface area contributed by atoms with Gasteiger partial charge in [0.05, 0.1) is 23.3 Å². The zero-order valence-corrected chi connectivity index (χ0v) is 18.3. The molecule has 1 aliphatic heterocycles. The summed E-state index contributed by atoms with van der Waals surface area (Å²) in [5.41, 5.74) is 1.80. The third-order valence-electron chi connectivity index (χ3n) is 4.88. The highest BCUT2D eigenvalue weighted by Crippen LogP contribution is 2.34. The van der Waals surface area contributed by atoms with Crippen molar-refractivity contribution in [3.05, 3.63) is 51.7 Å². The van der Waals surface area contributed by atoms with Gasteiger partial charge in [0.15, 0.2) is 11.6 Å². The lowest BCUT2D eigenvalue weighted by Gasteiger charge is -2.37. The Hall–Kier alpha value is -3.07. The summed E-state index contributed by atoms with van der Waals surface area (Å²) in [5.74, 6) is 1.86. The minimum absolute atomic E-state index is 0.0484. The van der Waals surface area contributed by atoms with Gasteiger partial charge in [-0.3, -0.25) is 9.59 Å². The van der Waals surface area contributed by atoms with Gasteiger partial charge < -0.3 is 10.0 Å². The van der Waals surface area contributed by atoms with E-state index < -0.39 is 0 Å². The van der Waals surface area contributed by atoms with Crippen LogP contribution in [0.4, 0.5) is 0 Å². The fraction of sp³-hybridized carbons (Fsp3) is 0.381. The molecule has 1 aromatic carbocycles. The smallest absolute Gasteiger partial charge is 0.290 e. The topological polar surface area (TPSA) is 101 Å². The molecule has 0 bridgehead atoms. The quantitative estimate of drug-likeness (QED) is 0.641. The van der Waals surface area contributed by atoms with E-state index >= 15 is 0 Å². The molecule has 8 nitrogen and oxygen atoms in total. The zero-order valence-electron chi connectivity index (χ0n) is 17.4. The first-order valence-electron chi connectivity index (χ1n) is 9.70. The lowest BCUT2D eigenvalue weighted by atomic mass is 9.99. The van der Waals surface area contributed by atoms with Crippen LogP contribution in [0.1, 0.15) is 46.1 Å². The van der Waals surface area contributed by atoms with E-state index in [1.807, 2.05) is 53.8 Å². The molecule has 1 aliphatic rings. The van der Waals surface area contributed by atoms with Crippen LogP contribution < -0.4 is 0 Å². The monoisotopic (exact) mass is 427 g/mol. The van der Waals surface area contributed by atoms with Gasteiger partial charge in [-0.05, 0) is 19.8 Å². The second kappa shape index (κ2) is 9.17. The van der Waals surface area contributed by atoms with Gasteiger partial charge in [-0.15, -0.1) is 11.3 Å². The molecule has 3 aromatic rings. The van der Waals surface area contributed by atoms with Gasteiger partial charge in [0.25, 0.3) is 12.4 Å². The minimum atomic E-state index is -0.250. The number of carbonyl (C=O) groups excluding carboxylic acids is 1. The lowest BCUT2D eigenvalue weighted by Crippen LogP contribution is -2.44. The van der Waals surface area contributed by atoms with Crippen molar-refractivity contribution in [2.45, 2.75) is 40.3 Å². The molecule has 9 heteroatoms. The standard InChI is InChI=1S/C20H23N5OS.CH2O2/c1-12(2)16-19-22-18(15-8-6-5-7-9-15)23-25(19)11-10-24(16)20(26)17-13(3)21-14(4)27-17;2-1-3/h5-9,12,16H,10-11H2,1-4H3;1H,(H,2,3)/t16-;/m0./s1. The summed E-state index contributed by atoms with van der Waals surface area (Å²) in [6.07, 6.45) is 0. The molecule has 0 aliphatic carbocycles. The lowest BCUT2D eigenvalue weighted by molar-refractivity contribution is -0.122. The number of hydrogen-bond acceptors (Lipinski definition) is 6. The Morgan fingerprint density at radius 2 is 1.87 bits per heavy atom. The maximum atomic E-state index is 13.3. The number of amides is 1. The van der Waals surface area contributed by atoms with Crippen molar-refractivity contribution < 1.29 is 14.7 Å². The van der Waals surface area contributed by atoms with Gasteiger partial charge >= 0.3 is 0 Å². The van der Waals surface area contributed by atoms with E-state index in [0.717, 1.165) is 32.8 Å². The van der Waals surface area contributed by atoms with E-state index in [0.29, 0.717) is 13.1 Å². The summed E-state index contributed by atoms with van der Waals surface area (Å²) >= 11 is 1.47. The molecule has 0 radical (unpaired) electrons. The number of aromatic nitrogens is 4. The predicted octanol–water partition coefficient (Wildman–Crippen LogP) is 3.57. The number of rotatable bonds is 3. The average molecular weight is 428 g/mol. The van der Waals surface area contributed by atoms with Crippen molar-refractivity contribution in [2.24, 2.45) is 5.92 Å². The normalized spacial score (nSPS) is 15.4. The third-order valence-corrected chi connectivity index (χ3v) is 5.94. The van der Waals surface area contributed by atoms with Crippen LogP contribution in [-0.2, 0) is 11.3 Å². The minimum Gasteiger partial charge on any atom is -0.483 e. The maximum Gasteiger partial charge on any atom is 0.290 e. The predicted molar refractivity (Wildman–Crippen MR) is 114 cm³/mol. The van der Waals surface area contributed by atoms with Gasteiger partial charge in [-0.25, -0.2) is 14.6 Å². The number of aryl methyl sites for hydroxylation is 2. The molecule has 1 amide bonds. The van der Waals surface area contributed by atoms with Crippen LogP contribution in [0, 0.1) is 19.8 Å². The first-order chi connectivity index (χ1) is 14.4. The Kier molecular flexibility index (Phi) is 6.61. The molecule has 30 heavy (non-hydrogen) atoms. The molecule has 0 saturated heterocycles. The van der Waals surface area contributed by atoms with E-state index in [-0.39, 0.29) is 24.3 Å². The Morgan fingerprint density at radius 3 is 2.43 bits per heavy atom. The van der Waals surface area contributed by atoms with Crippen molar-refractivity contribution in [1.82, 2.24) is 24.6 Å². The van der Waals surface area contributed by atoms with Crippen molar-refractivity contribution in [1.29, 1.82) is 0 Å². The Morgan fingerprint density at radius 1 is 1.20 bits per heavy atom. The molecule has 1 N–H and O–H groups in total. The highest BCUT2D eigenvalue weighted by Gasteiger charge is 2.37. The number of hydrogen-bond donors (Lipinski definition) is 1. The third kappa shape index (κ3) is 4.25. The van der Waals surface area contributed by atoms with Crippen LogP contribution in [0.25, 0.3) is 11.4 Å². The van der Waals surface area contributed by atoms with Crippen molar-refractivity contribution in [3.8, 4) is 11.4 Å². The molecule has 0 unspecified atom stereocenters. The molecule has 3 heterocycles. The number of fused-ring (bicyclic) bond motifs is 1. The molecule has 0 saturated carbocycles. The molecule has 0 fully saturated rings. The molecule has 2 aromatic heterocycles. The van der Waals surface area contributed by atoms with Crippen molar-refractivity contribution in [3.63, 3.8) is 0 Å². The summed E-state index contributed by atoms with van der Waals surface area (Å²) < 4.78 is 1.96. The Labute approximate surface area is 179 Å². The van der Waals surface area contributed by atoms with Crippen LogP contribution in [0.15, 0.2) is 30.3 Å². The van der Waals surface area contributed by atoms with Crippen molar-refractivity contribution >= 4 is 23.7 Å². The van der Waals surface area contributed by atoms with Gasteiger partial charge in [0.1, 0.15) is 4.88 Å². The highest BCUT2D eigenvalue weighted by atomic mass is 32.1. The first kappa shape index (κ1) is 21.6.